The van der Waals surface area contributed by atoms with Gasteiger partial charge in [0.15, 0.2) is 4.77 Å². The Hall–Kier alpha value is -2.62. The summed E-state index contributed by atoms with van der Waals surface area (Å²) in [4.78, 5) is 20.8. The lowest BCUT2D eigenvalue weighted by molar-refractivity contribution is -0.121. The number of nitrogens with one attached hydrogen (secondary N) is 2. The van der Waals surface area contributed by atoms with Gasteiger partial charge in [0, 0.05) is 36.8 Å². The summed E-state index contributed by atoms with van der Waals surface area (Å²) in [5.74, 6) is 1.43. The number of carbonyl (C=O) groups excluding carboxylic acids is 1. The second-order valence-electron chi connectivity index (χ2n) is 6.74. The van der Waals surface area contributed by atoms with Crippen LogP contribution in [0.25, 0.3) is 5.78 Å². The molecule has 0 radical (unpaired) electrons. The Morgan fingerprint density at radius 1 is 1.33 bits per heavy atom. The van der Waals surface area contributed by atoms with E-state index in [1.54, 1.807) is 4.52 Å². The molecular weight excluding hydrogens is 364 g/mol. The number of hydrogen-bond donors (Lipinski definition) is 2. The van der Waals surface area contributed by atoms with E-state index in [4.69, 9.17) is 12.2 Å². The predicted molar refractivity (Wildman–Crippen MR) is 103 cm³/mol. The van der Waals surface area contributed by atoms with Crippen molar-refractivity contribution < 1.29 is 4.79 Å². The van der Waals surface area contributed by atoms with Crippen molar-refractivity contribution in [3.63, 3.8) is 0 Å². The SMILES string of the molecule is Cc1nc2ncnn2c(C)c1CCC(=O)NCCc1n[nH]c(=S)n1C(C)C. The summed E-state index contributed by atoms with van der Waals surface area (Å²) in [7, 11) is 0. The molecule has 2 N–H and O–H groups in total. The Kier molecular flexibility index (Phi) is 5.64. The van der Waals surface area contributed by atoms with Crippen LogP contribution in [0.1, 0.15) is 49.1 Å². The van der Waals surface area contributed by atoms with Gasteiger partial charge in [0.05, 0.1) is 0 Å². The maximum atomic E-state index is 12.2. The molecule has 0 spiro atoms. The van der Waals surface area contributed by atoms with E-state index in [1.165, 1.54) is 6.33 Å². The fourth-order valence-corrected chi connectivity index (χ4v) is 3.57. The van der Waals surface area contributed by atoms with E-state index in [-0.39, 0.29) is 11.9 Å². The molecule has 3 rings (SSSR count). The number of nitrogens with zero attached hydrogens (tertiary/aromatic N) is 6. The zero-order valence-corrected chi connectivity index (χ0v) is 16.8. The molecule has 0 bridgehead atoms. The highest BCUT2D eigenvalue weighted by Crippen LogP contribution is 2.15. The van der Waals surface area contributed by atoms with E-state index >= 15 is 0 Å². The summed E-state index contributed by atoms with van der Waals surface area (Å²) in [5.41, 5.74) is 2.88. The van der Waals surface area contributed by atoms with Gasteiger partial charge in [-0.25, -0.2) is 9.50 Å². The molecule has 144 valence electrons. The van der Waals surface area contributed by atoms with Gasteiger partial charge in [0.25, 0.3) is 5.78 Å². The van der Waals surface area contributed by atoms with Crippen molar-refractivity contribution in [1.82, 2.24) is 39.7 Å². The highest BCUT2D eigenvalue weighted by Gasteiger charge is 2.13. The first-order valence-electron chi connectivity index (χ1n) is 8.96. The largest absolute Gasteiger partial charge is 0.356 e. The highest BCUT2D eigenvalue weighted by atomic mass is 32.1. The first kappa shape index (κ1) is 19.2. The first-order valence-corrected chi connectivity index (χ1v) is 9.37. The van der Waals surface area contributed by atoms with Crippen LogP contribution >= 0.6 is 12.2 Å². The van der Waals surface area contributed by atoms with Gasteiger partial charge >= 0.3 is 0 Å². The molecule has 0 fully saturated rings. The van der Waals surface area contributed by atoms with Gasteiger partial charge in [-0.3, -0.25) is 9.89 Å². The first-order chi connectivity index (χ1) is 12.9. The third-order valence-corrected chi connectivity index (χ3v) is 4.84. The van der Waals surface area contributed by atoms with Crippen LogP contribution in [0.5, 0.6) is 0 Å². The van der Waals surface area contributed by atoms with Crippen LogP contribution in [0, 0.1) is 18.6 Å². The van der Waals surface area contributed by atoms with Gasteiger partial charge < -0.3 is 9.88 Å². The van der Waals surface area contributed by atoms with Crippen LogP contribution in [0.2, 0.25) is 0 Å². The Morgan fingerprint density at radius 2 is 2.11 bits per heavy atom. The quantitative estimate of drug-likeness (QED) is 0.599. The molecule has 27 heavy (non-hydrogen) atoms. The monoisotopic (exact) mass is 388 g/mol. The molecule has 0 saturated carbocycles. The fraction of sp³-hybridized carbons (Fsp3) is 0.529. The average molecular weight is 389 g/mol. The molecule has 0 aromatic carbocycles. The number of fused-ring (bicyclic) bond motifs is 1. The second-order valence-corrected chi connectivity index (χ2v) is 7.13. The van der Waals surface area contributed by atoms with Gasteiger partial charge in [-0.2, -0.15) is 15.2 Å². The molecule has 0 saturated heterocycles. The molecule has 1 amide bonds. The molecule has 3 aromatic heterocycles. The number of amides is 1. The van der Waals surface area contributed by atoms with Gasteiger partial charge in [-0.15, -0.1) is 0 Å². The van der Waals surface area contributed by atoms with E-state index in [9.17, 15) is 4.79 Å². The third kappa shape index (κ3) is 4.05. The molecule has 0 aliphatic carbocycles. The topological polar surface area (TPSA) is 106 Å². The van der Waals surface area contributed by atoms with Crippen molar-refractivity contribution in [3.05, 3.63) is 33.9 Å². The minimum atomic E-state index is -0.00211. The Morgan fingerprint density at radius 3 is 2.85 bits per heavy atom. The van der Waals surface area contributed by atoms with E-state index in [0.29, 0.717) is 36.4 Å². The van der Waals surface area contributed by atoms with Gasteiger partial charge in [0.1, 0.15) is 12.2 Å². The summed E-state index contributed by atoms with van der Waals surface area (Å²) in [5, 5.41) is 14.2. The lowest BCUT2D eigenvalue weighted by Crippen LogP contribution is -2.27. The number of aromatic amines is 1. The van der Waals surface area contributed by atoms with E-state index < -0.39 is 0 Å². The van der Waals surface area contributed by atoms with Crippen LogP contribution in [0.4, 0.5) is 0 Å². The van der Waals surface area contributed by atoms with Crippen LogP contribution in [-0.4, -0.2) is 46.8 Å². The standard InChI is InChI=1S/C17H24N8OS/c1-10(2)24-14(22-23-17(24)27)7-8-18-15(26)6-5-13-11(3)21-16-19-9-20-25(16)12(13)4/h9-10H,5-8H2,1-4H3,(H,18,26)(H,23,27). The zero-order chi connectivity index (χ0) is 19.6. The number of carbonyl (C=O) groups is 1. The third-order valence-electron chi connectivity index (χ3n) is 4.56. The van der Waals surface area contributed by atoms with Crippen molar-refractivity contribution in [2.24, 2.45) is 0 Å². The van der Waals surface area contributed by atoms with E-state index in [2.05, 4.69) is 44.4 Å². The molecule has 9 nitrogen and oxygen atoms in total. The summed E-state index contributed by atoms with van der Waals surface area (Å²) >= 11 is 5.24. The molecule has 10 heteroatoms. The summed E-state index contributed by atoms with van der Waals surface area (Å²) in [6, 6.07) is 0.229. The molecular formula is C17H24N8OS. The van der Waals surface area contributed by atoms with E-state index in [1.807, 2.05) is 18.4 Å². The van der Waals surface area contributed by atoms with Gasteiger partial charge in [-0.05, 0) is 51.9 Å². The van der Waals surface area contributed by atoms with E-state index in [0.717, 1.165) is 22.8 Å². The molecule has 3 aromatic rings. The van der Waals surface area contributed by atoms with Crippen molar-refractivity contribution in [3.8, 4) is 0 Å². The second kappa shape index (κ2) is 7.95. The summed E-state index contributed by atoms with van der Waals surface area (Å²) in [6.07, 6.45) is 3.11. The normalized spacial score (nSPS) is 11.4. The number of aromatic nitrogens is 7. The van der Waals surface area contributed by atoms with Crippen LogP contribution in [0.15, 0.2) is 6.33 Å². The Bertz CT molecular complexity index is 1020. The fourth-order valence-electron chi connectivity index (χ4n) is 3.20. The maximum Gasteiger partial charge on any atom is 0.252 e. The number of rotatable bonds is 7. The Balaban J connectivity index is 1.56. The molecule has 0 unspecified atom stereocenters. The van der Waals surface area contributed by atoms with Crippen molar-refractivity contribution >= 4 is 23.9 Å². The average Bonchev–Trinajstić information content (AvgIpc) is 3.21. The molecule has 0 atom stereocenters. The summed E-state index contributed by atoms with van der Waals surface area (Å²) < 4.78 is 4.27. The predicted octanol–water partition coefficient (Wildman–Crippen LogP) is 1.87. The number of H-pyrrole nitrogens is 1. The van der Waals surface area contributed by atoms with Crippen LogP contribution in [0.3, 0.4) is 0 Å². The minimum Gasteiger partial charge on any atom is -0.356 e. The van der Waals surface area contributed by atoms with Crippen molar-refractivity contribution in [2.75, 3.05) is 6.54 Å². The van der Waals surface area contributed by atoms with Gasteiger partial charge in [0.2, 0.25) is 5.91 Å². The van der Waals surface area contributed by atoms with Crippen LogP contribution < -0.4 is 5.32 Å². The zero-order valence-electron chi connectivity index (χ0n) is 16.0. The molecule has 3 heterocycles. The Labute approximate surface area is 162 Å². The lowest BCUT2D eigenvalue weighted by Gasteiger charge is -2.12. The van der Waals surface area contributed by atoms with Crippen molar-refractivity contribution in [1.29, 1.82) is 0 Å². The minimum absolute atomic E-state index is 0.00211. The lowest BCUT2D eigenvalue weighted by atomic mass is 10.1. The van der Waals surface area contributed by atoms with Crippen LogP contribution in [-0.2, 0) is 17.6 Å². The molecule has 0 aliphatic rings. The highest BCUT2D eigenvalue weighted by molar-refractivity contribution is 7.71. The number of aryl methyl sites for hydroxylation is 2. The van der Waals surface area contributed by atoms with Crippen molar-refractivity contribution in [2.45, 2.75) is 53.0 Å². The maximum absolute atomic E-state index is 12.2. The summed E-state index contributed by atoms with van der Waals surface area (Å²) in [6.45, 7) is 8.53. The molecule has 0 aliphatic heterocycles. The number of hydrogen-bond acceptors (Lipinski definition) is 6. The van der Waals surface area contributed by atoms with Gasteiger partial charge in [-0.1, -0.05) is 0 Å². The smallest absolute Gasteiger partial charge is 0.252 e.